The highest BCUT2D eigenvalue weighted by atomic mass is 32.2. The van der Waals surface area contributed by atoms with Gasteiger partial charge in [0.25, 0.3) is 0 Å². The van der Waals surface area contributed by atoms with Gasteiger partial charge in [-0.2, -0.15) is 0 Å². The third-order valence-corrected chi connectivity index (χ3v) is 3.42. The van der Waals surface area contributed by atoms with Gasteiger partial charge in [0.2, 0.25) is 0 Å². The number of ether oxygens (including phenoxy) is 1. The van der Waals surface area contributed by atoms with Crippen molar-refractivity contribution < 1.29 is 30.0 Å². The summed E-state index contributed by atoms with van der Waals surface area (Å²) in [4.78, 5) is 10.8. The molecule has 0 spiro atoms. The van der Waals surface area contributed by atoms with Crippen molar-refractivity contribution in [2.24, 2.45) is 0 Å². The van der Waals surface area contributed by atoms with Crippen LogP contribution < -0.4 is 0 Å². The van der Waals surface area contributed by atoms with E-state index in [1.165, 1.54) is 11.8 Å². The van der Waals surface area contributed by atoms with Gasteiger partial charge in [0.1, 0.15) is 23.7 Å². The number of hydrogen-bond acceptors (Lipinski definition) is 6. The predicted molar refractivity (Wildman–Crippen MR) is 57.0 cm³/mol. The average Bonchev–Trinajstić information content (AvgIpc) is 2.18. The van der Waals surface area contributed by atoms with Crippen LogP contribution in [0.25, 0.3) is 0 Å². The van der Waals surface area contributed by atoms with Crippen LogP contribution in [0.1, 0.15) is 13.8 Å². The van der Waals surface area contributed by atoms with E-state index in [-0.39, 0.29) is 5.25 Å². The molecule has 1 rings (SSSR count). The lowest BCUT2D eigenvalue weighted by molar-refractivity contribution is -0.209. The number of aliphatic hydroxyl groups is 3. The minimum absolute atomic E-state index is 0.108. The molecule has 1 fully saturated rings. The first-order valence-corrected chi connectivity index (χ1v) is 5.86. The highest BCUT2D eigenvalue weighted by Gasteiger charge is 2.47. The number of carboxylic acids is 1. The number of carbonyl (C=O) groups is 1. The van der Waals surface area contributed by atoms with E-state index in [0.29, 0.717) is 0 Å². The quantitative estimate of drug-likeness (QED) is 0.511. The first-order chi connectivity index (χ1) is 7.34. The summed E-state index contributed by atoms with van der Waals surface area (Å²) in [5, 5.41) is 37.4. The maximum absolute atomic E-state index is 10.8. The number of aliphatic hydroxyl groups excluding tert-OH is 3. The lowest BCUT2D eigenvalue weighted by atomic mass is 10.0. The average molecular weight is 252 g/mol. The molecule has 5 atom stereocenters. The van der Waals surface area contributed by atoms with Crippen LogP contribution in [0.5, 0.6) is 0 Å². The number of carboxylic acid groups (broad SMARTS) is 1. The molecule has 4 N–H and O–H groups in total. The normalized spacial score (nSPS) is 40.0. The number of aliphatic carboxylic acids is 1. The first kappa shape index (κ1) is 13.7. The monoisotopic (exact) mass is 252 g/mol. The van der Waals surface area contributed by atoms with Crippen LogP contribution >= 0.6 is 11.8 Å². The molecule has 94 valence electrons. The van der Waals surface area contributed by atoms with E-state index in [1.54, 1.807) is 0 Å². The van der Waals surface area contributed by atoms with Gasteiger partial charge in [0.05, 0.1) is 0 Å². The molecule has 0 aromatic heterocycles. The molecule has 1 aliphatic heterocycles. The summed E-state index contributed by atoms with van der Waals surface area (Å²) in [6, 6.07) is 0. The fraction of sp³-hybridized carbons (Fsp3) is 0.889. The summed E-state index contributed by atoms with van der Waals surface area (Å²) in [5.74, 6) is -1.35. The smallest absolute Gasteiger partial charge is 0.335 e. The van der Waals surface area contributed by atoms with Crippen molar-refractivity contribution in [3.05, 3.63) is 0 Å². The second kappa shape index (κ2) is 5.33. The van der Waals surface area contributed by atoms with Crippen LogP contribution in [0.4, 0.5) is 0 Å². The van der Waals surface area contributed by atoms with Crippen LogP contribution in [0, 0.1) is 0 Å². The molecule has 0 bridgehead atoms. The van der Waals surface area contributed by atoms with Gasteiger partial charge in [-0.25, -0.2) is 4.79 Å². The Bertz CT molecular complexity index is 258. The fourth-order valence-electron chi connectivity index (χ4n) is 1.43. The Kier molecular flexibility index (Phi) is 4.57. The Hall–Kier alpha value is -0.340. The minimum atomic E-state index is -1.61. The van der Waals surface area contributed by atoms with E-state index in [9.17, 15) is 20.1 Å². The lowest BCUT2D eigenvalue weighted by Gasteiger charge is -2.39. The zero-order chi connectivity index (χ0) is 12.5. The van der Waals surface area contributed by atoms with Crippen molar-refractivity contribution >= 4 is 17.7 Å². The van der Waals surface area contributed by atoms with E-state index < -0.39 is 35.8 Å². The Labute approximate surface area is 97.2 Å². The summed E-state index contributed by atoms with van der Waals surface area (Å²) in [5.41, 5.74) is -0.848. The Morgan fingerprint density at radius 3 is 2.19 bits per heavy atom. The largest absolute Gasteiger partial charge is 0.479 e. The molecular formula is C9H16O6S. The highest BCUT2D eigenvalue weighted by molar-refractivity contribution is 8.00. The van der Waals surface area contributed by atoms with Crippen molar-refractivity contribution in [3.63, 3.8) is 0 Å². The summed E-state index contributed by atoms with van der Waals surface area (Å²) < 4.78 is 5.06. The molecule has 6 nitrogen and oxygen atoms in total. The van der Waals surface area contributed by atoms with Gasteiger partial charge in [0, 0.05) is 5.25 Å². The van der Waals surface area contributed by atoms with E-state index in [0.717, 1.165) is 0 Å². The molecule has 0 saturated carbocycles. The summed E-state index contributed by atoms with van der Waals surface area (Å²) in [6.45, 7) is 3.71. The van der Waals surface area contributed by atoms with Crippen molar-refractivity contribution in [1.29, 1.82) is 0 Å². The summed E-state index contributed by atoms with van der Waals surface area (Å²) in [6.07, 6.45) is -5.92. The van der Waals surface area contributed by atoms with Gasteiger partial charge < -0.3 is 25.2 Å². The Balaban J connectivity index is 2.77. The summed E-state index contributed by atoms with van der Waals surface area (Å²) >= 11 is 1.20. The van der Waals surface area contributed by atoms with Crippen molar-refractivity contribution in [2.45, 2.75) is 48.9 Å². The third kappa shape index (κ3) is 2.86. The minimum Gasteiger partial charge on any atom is -0.479 e. The molecule has 0 aromatic carbocycles. The molecule has 1 heterocycles. The molecule has 1 saturated heterocycles. The standard InChI is InChI=1S/C9H16O6S/c1-3(2)16-9-6(12)4(10)5(11)7(15-9)8(13)14/h3-7,9-12H,1-2H3,(H,13,14)/t4-,5-,6+,7-,9?/m0/s1. The molecule has 0 radical (unpaired) electrons. The zero-order valence-electron chi connectivity index (χ0n) is 8.98. The first-order valence-electron chi connectivity index (χ1n) is 4.92. The predicted octanol–water partition coefficient (Wildman–Crippen LogP) is -0.980. The van der Waals surface area contributed by atoms with E-state index in [2.05, 4.69) is 0 Å². The number of hydrogen-bond donors (Lipinski definition) is 4. The van der Waals surface area contributed by atoms with Gasteiger partial charge in [-0.05, 0) is 0 Å². The summed E-state index contributed by atoms with van der Waals surface area (Å²) in [7, 11) is 0. The molecule has 7 heteroatoms. The molecule has 0 amide bonds. The van der Waals surface area contributed by atoms with Crippen LogP contribution in [-0.2, 0) is 9.53 Å². The van der Waals surface area contributed by atoms with E-state index in [1.807, 2.05) is 13.8 Å². The molecule has 16 heavy (non-hydrogen) atoms. The Morgan fingerprint density at radius 1 is 1.19 bits per heavy atom. The molecule has 1 unspecified atom stereocenters. The molecule has 0 aliphatic carbocycles. The maximum atomic E-state index is 10.8. The van der Waals surface area contributed by atoms with Gasteiger partial charge >= 0.3 is 5.97 Å². The number of thioether (sulfide) groups is 1. The molecule has 1 aliphatic rings. The highest BCUT2D eigenvalue weighted by Crippen LogP contribution is 2.30. The van der Waals surface area contributed by atoms with E-state index in [4.69, 9.17) is 9.84 Å². The van der Waals surface area contributed by atoms with Crippen molar-refractivity contribution in [2.75, 3.05) is 0 Å². The van der Waals surface area contributed by atoms with E-state index >= 15 is 0 Å². The van der Waals surface area contributed by atoms with Crippen molar-refractivity contribution in [1.82, 2.24) is 0 Å². The molecular weight excluding hydrogens is 236 g/mol. The van der Waals surface area contributed by atoms with Gasteiger partial charge in [-0.1, -0.05) is 13.8 Å². The Morgan fingerprint density at radius 2 is 1.75 bits per heavy atom. The maximum Gasteiger partial charge on any atom is 0.335 e. The van der Waals surface area contributed by atoms with Crippen LogP contribution in [-0.4, -0.2) is 61.5 Å². The van der Waals surface area contributed by atoms with Crippen molar-refractivity contribution in [3.8, 4) is 0 Å². The van der Waals surface area contributed by atoms with Crippen LogP contribution in [0.2, 0.25) is 0 Å². The SMILES string of the molecule is CC(C)SC1O[C@H](C(=O)O)[C@@H](O)[C@H](O)[C@H]1O. The fourth-order valence-corrected chi connectivity index (χ4v) is 2.48. The van der Waals surface area contributed by atoms with Crippen LogP contribution in [0.3, 0.4) is 0 Å². The van der Waals surface area contributed by atoms with Gasteiger partial charge in [-0.3, -0.25) is 0 Å². The number of rotatable bonds is 3. The second-order valence-corrected chi connectivity index (χ2v) is 5.60. The second-order valence-electron chi connectivity index (χ2n) is 3.92. The van der Waals surface area contributed by atoms with Crippen LogP contribution in [0.15, 0.2) is 0 Å². The molecule has 0 aromatic rings. The van der Waals surface area contributed by atoms with Gasteiger partial charge in [0.15, 0.2) is 6.10 Å². The topological polar surface area (TPSA) is 107 Å². The third-order valence-electron chi connectivity index (χ3n) is 2.22. The lowest BCUT2D eigenvalue weighted by Crippen LogP contribution is -2.59. The van der Waals surface area contributed by atoms with Gasteiger partial charge in [-0.15, -0.1) is 11.8 Å². The zero-order valence-corrected chi connectivity index (χ0v) is 9.79.